The van der Waals surface area contributed by atoms with Gasteiger partial charge in [0.15, 0.2) is 0 Å². The molecule has 0 aliphatic heterocycles. The number of rotatable bonds is 4. The maximum absolute atomic E-state index is 11.4. The summed E-state index contributed by atoms with van der Waals surface area (Å²) in [7, 11) is 0. The lowest BCUT2D eigenvalue weighted by molar-refractivity contribution is -0.143. The van der Waals surface area contributed by atoms with Crippen molar-refractivity contribution in [2.75, 3.05) is 11.9 Å². The number of carbonyl (C=O) groups is 1. The van der Waals surface area contributed by atoms with E-state index in [1.165, 1.54) is 0 Å². The maximum atomic E-state index is 11.4. The first-order chi connectivity index (χ1) is 7.54. The zero-order valence-electron chi connectivity index (χ0n) is 9.09. The van der Waals surface area contributed by atoms with Gasteiger partial charge in [0.25, 0.3) is 0 Å². The third-order valence-electron chi connectivity index (χ3n) is 1.94. The van der Waals surface area contributed by atoms with Crippen LogP contribution >= 0.6 is 23.2 Å². The summed E-state index contributed by atoms with van der Waals surface area (Å²) in [4.78, 5) is 11.4. The normalized spacial score (nSPS) is 12.0. The van der Waals surface area contributed by atoms with Crippen molar-refractivity contribution in [1.82, 2.24) is 0 Å². The number of hydrogen-bond acceptors (Lipinski definition) is 3. The van der Waals surface area contributed by atoms with Gasteiger partial charge >= 0.3 is 5.97 Å². The molecule has 0 spiro atoms. The van der Waals surface area contributed by atoms with Crippen LogP contribution in [0.4, 0.5) is 5.69 Å². The van der Waals surface area contributed by atoms with Crippen LogP contribution in [0.5, 0.6) is 0 Å². The zero-order valence-corrected chi connectivity index (χ0v) is 10.6. The highest BCUT2D eigenvalue weighted by Gasteiger charge is 2.13. The van der Waals surface area contributed by atoms with Crippen molar-refractivity contribution in [3.63, 3.8) is 0 Å². The van der Waals surface area contributed by atoms with Crippen molar-refractivity contribution in [3.05, 3.63) is 28.2 Å². The Hall–Kier alpha value is -0.930. The number of esters is 1. The second kappa shape index (κ2) is 5.97. The molecule has 0 unspecified atom stereocenters. The first kappa shape index (κ1) is 13.1. The summed E-state index contributed by atoms with van der Waals surface area (Å²) in [5, 5.41) is 3.91. The monoisotopic (exact) mass is 261 g/mol. The number of benzene rings is 1. The minimum atomic E-state index is -0.419. The predicted molar refractivity (Wildman–Crippen MR) is 66.2 cm³/mol. The van der Waals surface area contributed by atoms with E-state index < -0.39 is 6.04 Å². The molecule has 0 heterocycles. The van der Waals surface area contributed by atoms with Crippen LogP contribution in [0.2, 0.25) is 10.0 Å². The zero-order chi connectivity index (χ0) is 12.1. The molecule has 0 aliphatic rings. The number of ether oxygens (including phenoxy) is 1. The maximum Gasteiger partial charge on any atom is 0.328 e. The molecule has 0 saturated carbocycles. The van der Waals surface area contributed by atoms with Gasteiger partial charge in [-0.05, 0) is 32.0 Å². The van der Waals surface area contributed by atoms with Crippen LogP contribution in [0.1, 0.15) is 13.8 Å². The van der Waals surface area contributed by atoms with E-state index in [-0.39, 0.29) is 5.97 Å². The number of hydrogen-bond donors (Lipinski definition) is 1. The lowest BCUT2D eigenvalue weighted by Crippen LogP contribution is -2.28. The van der Waals surface area contributed by atoms with E-state index in [4.69, 9.17) is 27.9 Å². The first-order valence-electron chi connectivity index (χ1n) is 4.92. The van der Waals surface area contributed by atoms with Gasteiger partial charge in [0.2, 0.25) is 0 Å². The molecule has 1 rings (SSSR count). The number of anilines is 1. The Morgan fingerprint density at radius 2 is 2.12 bits per heavy atom. The summed E-state index contributed by atoms with van der Waals surface area (Å²) in [6.45, 7) is 3.86. The van der Waals surface area contributed by atoms with E-state index >= 15 is 0 Å². The number of carbonyl (C=O) groups excluding carboxylic acids is 1. The van der Waals surface area contributed by atoms with E-state index in [9.17, 15) is 4.79 Å². The van der Waals surface area contributed by atoms with Crippen LogP contribution in [0, 0.1) is 0 Å². The molecule has 0 amide bonds. The largest absolute Gasteiger partial charge is 0.464 e. The van der Waals surface area contributed by atoms with E-state index in [0.29, 0.717) is 16.7 Å². The van der Waals surface area contributed by atoms with Crippen LogP contribution in [0.25, 0.3) is 0 Å². The summed E-state index contributed by atoms with van der Waals surface area (Å²) in [5.74, 6) is -0.298. The molecule has 1 aromatic carbocycles. The first-order valence-corrected chi connectivity index (χ1v) is 5.68. The molecule has 0 aromatic heterocycles. The topological polar surface area (TPSA) is 38.3 Å². The van der Waals surface area contributed by atoms with Gasteiger partial charge < -0.3 is 10.1 Å². The minimum Gasteiger partial charge on any atom is -0.464 e. The molecule has 16 heavy (non-hydrogen) atoms. The molecule has 0 bridgehead atoms. The van der Waals surface area contributed by atoms with Crippen molar-refractivity contribution in [1.29, 1.82) is 0 Å². The van der Waals surface area contributed by atoms with Crippen molar-refractivity contribution < 1.29 is 9.53 Å². The van der Waals surface area contributed by atoms with E-state index in [0.717, 1.165) is 5.69 Å². The third-order valence-corrected chi connectivity index (χ3v) is 2.68. The highest BCUT2D eigenvalue weighted by molar-refractivity contribution is 6.42. The molecular weight excluding hydrogens is 249 g/mol. The van der Waals surface area contributed by atoms with Gasteiger partial charge in [-0.25, -0.2) is 4.79 Å². The Morgan fingerprint density at radius 3 is 2.69 bits per heavy atom. The third kappa shape index (κ3) is 3.58. The SMILES string of the molecule is CCOC(=O)[C@H](C)Nc1ccc(Cl)c(Cl)c1. The lowest BCUT2D eigenvalue weighted by atomic mass is 10.2. The molecule has 3 nitrogen and oxygen atoms in total. The minimum absolute atomic E-state index is 0.298. The fourth-order valence-electron chi connectivity index (χ4n) is 1.16. The molecule has 1 N–H and O–H groups in total. The van der Waals surface area contributed by atoms with Gasteiger partial charge in [-0.1, -0.05) is 23.2 Å². The fraction of sp³-hybridized carbons (Fsp3) is 0.364. The summed E-state index contributed by atoms with van der Waals surface area (Å²) >= 11 is 11.6. The molecule has 5 heteroatoms. The number of halogens is 2. The molecule has 0 saturated heterocycles. The Bertz CT molecular complexity index is 382. The van der Waals surface area contributed by atoms with Crippen LogP contribution in [0.15, 0.2) is 18.2 Å². The molecule has 88 valence electrons. The molecule has 0 aliphatic carbocycles. The van der Waals surface area contributed by atoms with Gasteiger partial charge in [-0.3, -0.25) is 0 Å². The van der Waals surface area contributed by atoms with E-state index in [2.05, 4.69) is 5.32 Å². The van der Waals surface area contributed by atoms with Crippen molar-refractivity contribution in [3.8, 4) is 0 Å². The highest BCUT2D eigenvalue weighted by Crippen LogP contribution is 2.25. The van der Waals surface area contributed by atoms with Crippen molar-refractivity contribution >= 4 is 34.9 Å². The standard InChI is InChI=1S/C11H13Cl2NO2/c1-3-16-11(15)7(2)14-8-4-5-9(12)10(13)6-8/h4-7,14H,3H2,1-2H3/t7-/m0/s1. The average Bonchev–Trinajstić information content (AvgIpc) is 2.24. The molecule has 0 radical (unpaired) electrons. The Balaban J connectivity index is 2.66. The van der Waals surface area contributed by atoms with Gasteiger partial charge in [-0.2, -0.15) is 0 Å². The Kier molecular flexibility index (Phi) is 4.90. The van der Waals surface area contributed by atoms with Gasteiger partial charge in [0.1, 0.15) is 6.04 Å². The summed E-state index contributed by atoms with van der Waals surface area (Å²) in [6.07, 6.45) is 0. The summed E-state index contributed by atoms with van der Waals surface area (Å²) in [5.41, 5.74) is 0.731. The van der Waals surface area contributed by atoms with E-state index in [1.807, 2.05) is 0 Å². The lowest BCUT2D eigenvalue weighted by Gasteiger charge is -2.14. The Morgan fingerprint density at radius 1 is 1.44 bits per heavy atom. The second-order valence-corrected chi connectivity index (χ2v) is 4.06. The van der Waals surface area contributed by atoms with Crippen LogP contribution in [-0.4, -0.2) is 18.6 Å². The van der Waals surface area contributed by atoms with Crippen molar-refractivity contribution in [2.45, 2.75) is 19.9 Å². The summed E-state index contributed by atoms with van der Waals surface area (Å²) < 4.78 is 4.87. The van der Waals surface area contributed by atoms with Crippen LogP contribution < -0.4 is 5.32 Å². The molecule has 0 fully saturated rings. The average molecular weight is 262 g/mol. The fourth-order valence-corrected chi connectivity index (χ4v) is 1.46. The smallest absolute Gasteiger partial charge is 0.328 e. The molecular formula is C11H13Cl2NO2. The summed E-state index contributed by atoms with van der Waals surface area (Å²) in [6, 6.07) is 4.67. The molecule has 1 aromatic rings. The van der Waals surface area contributed by atoms with Crippen molar-refractivity contribution in [2.24, 2.45) is 0 Å². The van der Waals surface area contributed by atoms with Gasteiger partial charge in [0.05, 0.1) is 16.7 Å². The van der Waals surface area contributed by atoms with Crippen LogP contribution in [-0.2, 0) is 9.53 Å². The Labute approximate surface area is 105 Å². The second-order valence-electron chi connectivity index (χ2n) is 3.25. The van der Waals surface area contributed by atoms with Crippen LogP contribution in [0.3, 0.4) is 0 Å². The quantitative estimate of drug-likeness (QED) is 0.845. The van der Waals surface area contributed by atoms with Gasteiger partial charge in [0, 0.05) is 5.69 Å². The highest BCUT2D eigenvalue weighted by atomic mass is 35.5. The predicted octanol–water partition coefficient (Wildman–Crippen LogP) is 3.36. The molecule has 1 atom stereocenters. The van der Waals surface area contributed by atoms with E-state index in [1.54, 1.807) is 32.0 Å². The van der Waals surface area contributed by atoms with Gasteiger partial charge in [-0.15, -0.1) is 0 Å². The number of nitrogens with one attached hydrogen (secondary N) is 1.